The lowest BCUT2D eigenvalue weighted by atomic mass is 10.4. The van der Waals surface area contributed by atoms with Crippen molar-refractivity contribution >= 4 is 17.4 Å². The van der Waals surface area contributed by atoms with Gasteiger partial charge in [0.1, 0.15) is 10.9 Å². The van der Waals surface area contributed by atoms with Gasteiger partial charge < -0.3 is 5.11 Å². The highest BCUT2D eigenvalue weighted by Crippen LogP contribution is 2.15. The van der Waals surface area contributed by atoms with E-state index in [0.717, 1.165) is 11.1 Å². The van der Waals surface area contributed by atoms with Crippen LogP contribution in [0.4, 0.5) is 0 Å². The first kappa shape index (κ1) is 6.84. The van der Waals surface area contributed by atoms with Gasteiger partial charge in [0, 0.05) is 4.88 Å². The predicted molar refractivity (Wildman–Crippen MR) is 40.7 cm³/mol. The number of hydrogen-bond donors (Lipinski definition) is 1. The average Bonchev–Trinajstić information content (AvgIpc) is 2.37. The maximum absolute atomic E-state index is 8.39. The van der Waals surface area contributed by atoms with Crippen molar-refractivity contribution in [3.63, 3.8) is 0 Å². The van der Waals surface area contributed by atoms with Crippen LogP contribution in [-0.2, 0) is 0 Å². The SMILES string of the molecule is N#Cc1ccc(/C=C/O)s1. The zero-order chi connectivity index (χ0) is 7.40. The van der Waals surface area contributed by atoms with E-state index >= 15 is 0 Å². The summed E-state index contributed by atoms with van der Waals surface area (Å²) in [6.07, 6.45) is 2.51. The first-order valence-corrected chi connectivity index (χ1v) is 3.49. The first-order valence-electron chi connectivity index (χ1n) is 2.67. The third-order valence-corrected chi connectivity index (χ3v) is 1.93. The molecule has 3 heteroatoms. The molecule has 0 spiro atoms. The van der Waals surface area contributed by atoms with Gasteiger partial charge in [-0.3, -0.25) is 0 Å². The van der Waals surface area contributed by atoms with E-state index in [2.05, 4.69) is 0 Å². The molecule has 1 aromatic rings. The molecule has 0 radical (unpaired) electrons. The van der Waals surface area contributed by atoms with Crippen LogP contribution in [0.15, 0.2) is 18.4 Å². The average molecular weight is 151 g/mol. The Bertz CT molecular complexity index is 282. The molecule has 2 nitrogen and oxygen atoms in total. The topological polar surface area (TPSA) is 44.0 Å². The fourth-order valence-electron chi connectivity index (χ4n) is 0.576. The van der Waals surface area contributed by atoms with Gasteiger partial charge in [-0.1, -0.05) is 0 Å². The normalized spacial score (nSPS) is 9.90. The number of rotatable bonds is 1. The van der Waals surface area contributed by atoms with Gasteiger partial charge in [-0.25, -0.2) is 0 Å². The molecule has 1 rings (SSSR count). The van der Waals surface area contributed by atoms with E-state index in [0.29, 0.717) is 4.88 Å². The Balaban J connectivity index is 2.91. The van der Waals surface area contributed by atoms with Gasteiger partial charge in [0.2, 0.25) is 0 Å². The van der Waals surface area contributed by atoms with Crippen LogP contribution in [0.1, 0.15) is 9.75 Å². The molecule has 0 unspecified atom stereocenters. The zero-order valence-electron chi connectivity index (χ0n) is 5.11. The van der Waals surface area contributed by atoms with E-state index in [4.69, 9.17) is 10.4 Å². The summed E-state index contributed by atoms with van der Waals surface area (Å²) in [7, 11) is 0. The Labute approximate surface area is 62.7 Å². The van der Waals surface area contributed by atoms with E-state index < -0.39 is 0 Å². The number of hydrogen-bond acceptors (Lipinski definition) is 3. The molecule has 0 aromatic carbocycles. The highest BCUT2D eigenvalue weighted by Gasteiger charge is 1.93. The molecule has 50 valence electrons. The van der Waals surface area contributed by atoms with Gasteiger partial charge in [0.25, 0.3) is 0 Å². The van der Waals surface area contributed by atoms with E-state index in [1.807, 2.05) is 6.07 Å². The highest BCUT2D eigenvalue weighted by molar-refractivity contribution is 7.13. The van der Waals surface area contributed by atoms with Crippen LogP contribution in [0.3, 0.4) is 0 Å². The summed E-state index contributed by atoms with van der Waals surface area (Å²) in [5.74, 6) is 0. The van der Waals surface area contributed by atoms with Crippen molar-refractivity contribution in [3.05, 3.63) is 28.1 Å². The van der Waals surface area contributed by atoms with Gasteiger partial charge in [0.15, 0.2) is 0 Å². The van der Waals surface area contributed by atoms with Crippen LogP contribution in [0.2, 0.25) is 0 Å². The van der Waals surface area contributed by atoms with Crippen molar-refractivity contribution in [1.29, 1.82) is 5.26 Å². The van der Waals surface area contributed by atoms with E-state index in [1.165, 1.54) is 11.3 Å². The molecular formula is C7H5NOS. The van der Waals surface area contributed by atoms with Gasteiger partial charge in [-0.2, -0.15) is 5.26 Å². The molecule has 0 saturated heterocycles. The van der Waals surface area contributed by atoms with Crippen LogP contribution in [0.5, 0.6) is 0 Å². The Morgan fingerprint density at radius 1 is 1.60 bits per heavy atom. The summed E-state index contributed by atoms with van der Waals surface area (Å²) < 4.78 is 0. The number of thiophene rings is 1. The molecule has 0 saturated carbocycles. The lowest BCUT2D eigenvalue weighted by Gasteiger charge is -1.76. The summed E-state index contributed by atoms with van der Waals surface area (Å²) in [6, 6.07) is 5.52. The molecule has 0 aliphatic carbocycles. The minimum absolute atomic E-state index is 0.660. The molecule has 10 heavy (non-hydrogen) atoms. The summed E-state index contributed by atoms with van der Waals surface area (Å²) in [5, 5.41) is 16.7. The van der Waals surface area contributed by atoms with Crippen LogP contribution < -0.4 is 0 Å². The van der Waals surface area contributed by atoms with Crippen molar-refractivity contribution < 1.29 is 5.11 Å². The molecule has 0 aliphatic heterocycles. The van der Waals surface area contributed by atoms with E-state index in [9.17, 15) is 0 Å². The summed E-state index contributed by atoms with van der Waals surface area (Å²) >= 11 is 1.35. The Morgan fingerprint density at radius 3 is 2.90 bits per heavy atom. The van der Waals surface area contributed by atoms with Gasteiger partial charge in [-0.05, 0) is 18.2 Å². The van der Waals surface area contributed by atoms with Gasteiger partial charge >= 0.3 is 0 Å². The smallest absolute Gasteiger partial charge is 0.110 e. The quantitative estimate of drug-likeness (QED) is 0.625. The highest BCUT2D eigenvalue weighted by atomic mass is 32.1. The zero-order valence-corrected chi connectivity index (χ0v) is 5.93. The van der Waals surface area contributed by atoms with Gasteiger partial charge in [-0.15, -0.1) is 11.3 Å². The largest absolute Gasteiger partial charge is 0.516 e. The Morgan fingerprint density at radius 2 is 2.40 bits per heavy atom. The van der Waals surface area contributed by atoms with Crippen LogP contribution in [0.25, 0.3) is 6.08 Å². The summed E-state index contributed by atoms with van der Waals surface area (Å²) in [6.45, 7) is 0. The third-order valence-electron chi connectivity index (χ3n) is 0.976. The summed E-state index contributed by atoms with van der Waals surface area (Å²) in [5.41, 5.74) is 0. The lowest BCUT2D eigenvalue weighted by molar-refractivity contribution is 0.478. The second-order valence-corrected chi connectivity index (χ2v) is 2.74. The molecule has 0 aliphatic rings. The van der Waals surface area contributed by atoms with Crippen molar-refractivity contribution in [3.8, 4) is 6.07 Å². The molecule has 0 fully saturated rings. The first-order chi connectivity index (χ1) is 4.86. The number of nitriles is 1. The number of aliphatic hydroxyl groups excluding tert-OH is 1. The molecule has 1 heterocycles. The predicted octanol–water partition coefficient (Wildman–Crippen LogP) is 2.15. The Kier molecular flexibility index (Phi) is 2.08. The number of aliphatic hydroxyl groups is 1. The van der Waals surface area contributed by atoms with Crippen LogP contribution in [0, 0.1) is 11.3 Å². The standard InChI is InChI=1S/C7H5NOS/c8-5-7-2-1-6(10-7)3-4-9/h1-4,9H/b4-3+. The lowest BCUT2D eigenvalue weighted by Crippen LogP contribution is -1.53. The van der Waals surface area contributed by atoms with Crippen molar-refractivity contribution in [2.75, 3.05) is 0 Å². The van der Waals surface area contributed by atoms with Crippen molar-refractivity contribution in [2.45, 2.75) is 0 Å². The minimum Gasteiger partial charge on any atom is -0.516 e. The molecule has 1 aromatic heterocycles. The Hall–Kier alpha value is -1.27. The molecule has 0 amide bonds. The third kappa shape index (κ3) is 1.36. The molecule has 0 atom stereocenters. The maximum Gasteiger partial charge on any atom is 0.110 e. The fourth-order valence-corrected chi connectivity index (χ4v) is 1.28. The van der Waals surface area contributed by atoms with Crippen LogP contribution in [-0.4, -0.2) is 5.11 Å². The molecular weight excluding hydrogens is 146 g/mol. The maximum atomic E-state index is 8.39. The van der Waals surface area contributed by atoms with E-state index in [-0.39, 0.29) is 0 Å². The minimum atomic E-state index is 0.660. The fraction of sp³-hybridized carbons (Fsp3) is 0. The second kappa shape index (κ2) is 3.04. The molecule has 0 bridgehead atoms. The summed E-state index contributed by atoms with van der Waals surface area (Å²) in [4.78, 5) is 1.55. The van der Waals surface area contributed by atoms with E-state index in [1.54, 1.807) is 18.2 Å². The van der Waals surface area contributed by atoms with Crippen molar-refractivity contribution in [2.24, 2.45) is 0 Å². The van der Waals surface area contributed by atoms with Crippen molar-refractivity contribution in [1.82, 2.24) is 0 Å². The number of nitrogens with zero attached hydrogens (tertiary/aromatic N) is 1. The second-order valence-electron chi connectivity index (χ2n) is 1.63. The monoisotopic (exact) mass is 151 g/mol. The van der Waals surface area contributed by atoms with Crippen LogP contribution >= 0.6 is 11.3 Å². The molecule has 1 N–H and O–H groups in total. The van der Waals surface area contributed by atoms with Gasteiger partial charge in [0.05, 0.1) is 6.26 Å².